The highest BCUT2D eigenvalue weighted by molar-refractivity contribution is 6.28. The van der Waals surface area contributed by atoms with Crippen molar-refractivity contribution < 1.29 is 0 Å². The van der Waals surface area contributed by atoms with Crippen LogP contribution in [0.4, 0.5) is 0 Å². The minimum atomic E-state index is -0.151. The summed E-state index contributed by atoms with van der Waals surface area (Å²) in [5, 5.41) is 4.60. The van der Waals surface area contributed by atoms with Gasteiger partial charge in [0.05, 0.1) is 16.7 Å². The Bertz CT molecular complexity index is 1940. The average molecular weight is 473 g/mol. The first-order valence-electron chi connectivity index (χ1n) is 11.3. The molecule has 0 saturated heterocycles. The minimum absolute atomic E-state index is 0.0967. The van der Waals surface area contributed by atoms with Crippen LogP contribution in [0.3, 0.4) is 0 Å². The number of benzene rings is 4. The third-order valence-corrected chi connectivity index (χ3v) is 6.71. The second-order valence-corrected chi connectivity index (χ2v) is 8.79. The summed E-state index contributed by atoms with van der Waals surface area (Å²) >= 11 is 6.18. The molecule has 0 amide bonds. The Kier molecular flexibility index (Phi) is 4.28. The molecule has 0 aliphatic rings. The molecule has 0 N–H and O–H groups in total. The maximum Gasteiger partial charge on any atom is 0.264 e. The standard InChI is InChI=1S/C29H17ClN4O/c30-29-31-17-24-23-16-19(33-25-12-6-4-10-20(25)21-11-5-7-13-26(21)33)14-15-22(23)28(35)34(27(24)32-29)18-8-2-1-3-9-18/h1-17H. The van der Waals surface area contributed by atoms with Crippen molar-refractivity contribution >= 4 is 55.2 Å². The van der Waals surface area contributed by atoms with Crippen molar-refractivity contribution in [3.05, 3.63) is 119 Å². The highest BCUT2D eigenvalue weighted by atomic mass is 35.5. The van der Waals surface area contributed by atoms with Crippen molar-refractivity contribution in [3.63, 3.8) is 0 Å². The number of halogens is 1. The first-order chi connectivity index (χ1) is 17.2. The van der Waals surface area contributed by atoms with E-state index in [1.807, 2.05) is 60.7 Å². The van der Waals surface area contributed by atoms with E-state index >= 15 is 0 Å². The van der Waals surface area contributed by atoms with E-state index in [0.29, 0.717) is 11.0 Å². The molecule has 0 spiro atoms. The molecule has 166 valence electrons. The van der Waals surface area contributed by atoms with Crippen molar-refractivity contribution in [1.29, 1.82) is 0 Å². The fourth-order valence-electron chi connectivity index (χ4n) is 5.03. The summed E-state index contributed by atoms with van der Waals surface area (Å²) in [6.07, 6.45) is 1.70. The Hall–Kier alpha value is -4.48. The smallest absolute Gasteiger partial charge is 0.264 e. The van der Waals surface area contributed by atoms with Gasteiger partial charge in [0.1, 0.15) is 0 Å². The van der Waals surface area contributed by atoms with Gasteiger partial charge in [0.15, 0.2) is 5.65 Å². The highest BCUT2D eigenvalue weighted by Crippen LogP contribution is 2.33. The van der Waals surface area contributed by atoms with Gasteiger partial charge in [-0.3, -0.25) is 9.36 Å². The van der Waals surface area contributed by atoms with Crippen LogP contribution < -0.4 is 5.56 Å². The van der Waals surface area contributed by atoms with Gasteiger partial charge in [0.25, 0.3) is 5.56 Å². The summed E-state index contributed by atoms with van der Waals surface area (Å²) in [5.41, 5.74) is 4.23. The molecule has 0 saturated carbocycles. The van der Waals surface area contributed by atoms with Gasteiger partial charge in [-0.25, -0.2) is 4.98 Å². The third kappa shape index (κ3) is 2.92. The number of hydrogen-bond donors (Lipinski definition) is 0. The van der Waals surface area contributed by atoms with Crippen LogP contribution in [0.5, 0.6) is 0 Å². The molecule has 3 heterocycles. The number of hydrogen-bond acceptors (Lipinski definition) is 3. The minimum Gasteiger partial charge on any atom is -0.309 e. The van der Waals surface area contributed by atoms with Gasteiger partial charge >= 0.3 is 0 Å². The van der Waals surface area contributed by atoms with E-state index in [1.165, 1.54) is 10.8 Å². The van der Waals surface area contributed by atoms with Crippen LogP contribution in [0.2, 0.25) is 5.28 Å². The summed E-state index contributed by atoms with van der Waals surface area (Å²) in [4.78, 5) is 22.4. The van der Waals surface area contributed by atoms with Gasteiger partial charge in [-0.2, -0.15) is 4.98 Å². The van der Waals surface area contributed by atoms with Gasteiger partial charge in [-0.15, -0.1) is 0 Å². The molecular formula is C29H17ClN4O. The zero-order valence-electron chi connectivity index (χ0n) is 18.4. The maximum atomic E-state index is 13.7. The molecule has 3 aromatic heterocycles. The summed E-state index contributed by atoms with van der Waals surface area (Å²) in [6.45, 7) is 0. The molecule has 0 fully saturated rings. The quantitative estimate of drug-likeness (QED) is 0.208. The first kappa shape index (κ1) is 19.9. The molecule has 5 nitrogen and oxygen atoms in total. The van der Waals surface area contributed by atoms with Crippen molar-refractivity contribution in [1.82, 2.24) is 19.1 Å². The van der Waals surface area contributed by atoms with E-state index in [9.17, 15) is 4.79 Å². The van der Waals surface area contributed by atoms with Crippen LogP contribution in [0.1, 0.15) is 0 Å². The van der Waals surface area contributed by atoms with Crippen molar-refractivity contribution in [2.75, 3.05) is 0 Å². The van der Waals surface area contributed by atoms with Crippen molar-refractivity contribution in [2.45, 2.75) is 0 Å². The van der Waals surface area contributed by atoms with Gasteiger partial charge in [0.2, 0.25) is 5.28 Å². The predicted molar refractivity (Wildman–Crippen MR) is 142 cm³/mol. The lowest BCUT2D eigenvalue weighted by Gasteiger charge is -2.14. The predicted octanol–water partition coefficient (Wildman–Crippen LogP) is 6.68. The lowest BCUT2D eigenvalue weighted by Crippen LogP contribution is -2.20. The Morgan fingerprint density at radius 1 is 0.600 bits per heavy atom. The second kappa shape index (κ2) is 7.52. The number of para-hydroxylation sites is 3. The van der Waals surface area contributed by atoms with E-state index < -0.39 is 0 Å². The first-order valence-corrected chi connectivity index (χ1v) is 11.6. The van der Waals surface area contributed by atoms with Crippen LogP contribution in [0.15, 0.2) is 108 Å². The van der Waals surface area contributed by atoms with E-state index in [0.717, 1.165) is 33.2 Å². The summed E-state index contributed by atoms with van der Waals surface area (Å²) in [5.74, 6) is 0. The maximum absolute atomic E-state index is 13.7. The Morgan fingerprint density at radius 3 is 1.97 bits per heavy atom. The third-order valence-electron chi connectivity index (χ3n) is 6.53. The van der Waals surface area contributed by atoms with Crippen LogP contribution in [0.25, 0.3) is 55.0 Å². The fourth-order valence-corrected chi connectivity index (χ4v) is 5.16. The number of pyridine rings is 1. The topological polar surface area (TPSA) is 52.7 Å². The van der Waals surface area contributed by atoms with Crippen LogP contribution >= 0.6 is 11.6 Å². The van der Waals surface area contributed by atoms with Gasteiger partial charge in [-0.05, 0) is 54.1 Å². The van der Waals surface area contributed by atoms with Gasteiger partial charge < -0.3 is 4.57 Å². The highest BCUT2D eigenvalue weighted by Gasteiger charge is 2.17. The summed E-state index contributed by atoms with van der Waals surface area (Å²) in [7, 11) is 0. The SMILES string of the molecule is O=c1c2ccc(-n3c4ccccc4c4ccccc43)cc2c2cnc(Cl)nc2n1-c1ccccc1. The molecule has 7 aromatic rings. The molecule has 0 bridgehead atoms. The van der Waals surface area contributed by atoms with Crippen LogP contribution in [-0.2, 0) is 0 Å². The Morgan fingerprint density at radius 2 is 1.26 bits per heavy atom. The Balaban J connectivity index is 1.61. The zero-order chi connectivity index (χ0) is 23.5. The van der Waals surface area contributed by atoms with E-state index in [1.54, 1.807) is 10.8 Å². The number of nitrogens with zero attached hydrogens (tertiary/aromatic N) is 4. The molecule has 0 radical (unpaired) electrons. The summed E-state index contributed by atoms with van der Waals surface area (Å²) in [6, 6.07) is 32.1. The van der Waals surface area contributed by atoms with Crippen LogP contribution in [0, 0.1) is 0 Å². The molecule has 7 rings (SSSR count). The van der Waals surface area contributed by atoms with E-state index in [-0.39, 0.29) is 10.8 Å². The van der Waals surface area contributed by atoms with E-state index in [4.69, 9.17) is 11.6 Å². The fraction of sp³-hybridized carbons (Fsp3) is 0. The van der Waals surface area contributed by atoms with Crippen molar-refractivity contribution in [3.8, 4) is 11.4 Å². The normalized spacial score (nSPS) is 11.7. The summed E-state index contributed by atoms with van der Waals surface area (Å²) < 4.78 is 3.83. The molecular weight excluding hydrogens is 456 g/mol. The number of aromatic nitrogens is 4. The lowest BCUT2D eigenvalue weighted by atomic mass is 10.1. The number of fused-ring (bicyclic) bond motifs is 6. The zero-order valence-corrected chi connectivity index (χ0v) is 19.1. The molecule has 0 aliphatic heterocycles. The van der Waals surface area contributed by atoms with Gasteiger partial charge in [-0.1, -0.05) is 54.6 Å². The largest absolute Gasteiger partial charge is 0.309 e. The van der Waals surface area contributed by atoms with Crippen molar-refractivity contribution in [2.24, 2.45) is 0 Å². The second-order valence-electron chi connectivity index (χ2n) is 8.45. The van der Waals surface area contributed by atoms with Gasteiger partial charge in [0, 0.05) is 38.8 Å². The lowest BCUT2D eigenvalue weighted by molar-refractivity contribution is 1.02. The molecule has 0 atom stereocenters. The molecule has 4 aromatic carbocycles. The monoisotopic (exact) mass is 472 g/mol. The average Bonchev–Trinajstić information content (AvgIpc) is 3.23. The van der Waals surface area contributed by atoms with E-state index in [2.05, 4.69) is 50.9 Å². The molecule has 0 aliphatic carbocycles. The molecule has 35 heavy (non-hydrogen) atoms. The molecule has 0 unspecified atom stereocenters. The number of rotatable bonds is 2. The van der Waals surface area contributed by atoms with Crippen LogP contribution in [-0.4, -0.2) is 19.1 Å². The Labute approximate surface area is 204 Å². The molecule has 6 heteroatoms.